The van der Waals surface area contributed by atoms with Crippen LogP contribution >= 0.6 is 0 Å². The van der Waals surface area contributed by atoms with E-state index in [-0.39, 0.29) is 12.1 Å². The molecule has 1 aliphatic rings. The van der Waals surface area contributed by atoms with Crippen LogP contribution in [0.3, 0.4) is 0 Å². The van der Waals surface area contributed by atoms with Crippen molar-refractivity contribution < 1.29 is 9.63 Å². The minimum Gasteiger partial charge on any atom is -0.392 e. The largest absolute Gasteiger partial charge is 0.392 e. The fourth-order valence-electron chi connectivity index (χ4n) is 1.96. The van der Waals surface area contributed by atoms with Crippen LogP contribution in [0.1, 0.15) is 18.4 Å². The molecule has 0 bridgehead atoms. The zero-order valence-corrected chi connectivity index (χ0v) is 9.37. The summed E-state index contributed by atoms with van der Waals surface area (Å²) in [7, 11) is 1.87. The molecule has 2 aromatic rings. The molecule has 0 aliphatic carbocycles. The van der Waals surface area contributed by atoms with E-state index in [9.17, 15) is 5.11 Å². The monoisotopic (exact) mass is 235 g/mol. The van der Waals surface area contributed by atoms with Gasteiger partial charge in [-0.15, -0.1) is 0 Å². The third kappa shape index (κ3) is 1.83. The maximum absolute atomic E-state index is 9.43. The molecule has 2 N–H and O–H groups in total. The van der Waals surface area contributed by atoms with E-state index >= 15 is 0 Å². The van der Waals surface area contributed by atoms with Crippen LogP contribution in [0.2, 0.25) is 0 Å². The third-order valence-electron chi connectivity index (χ3n) is 2.89. The Kier molecular flexibility index (Phi) is 2.41. The summed E-state index contributed by atoms with van der Waals surface area (Å²) in [6.45, 7) is 0.564. The molecular formula is C10H13N5O2. The van der Waals surface area contributed by atoms with Gasteiger partial charge in [0.2, 0.25) is 11.7 Å². The molecule has 0 spiro atoms. The van der Waals surface area contributed by atoms with Crippen LogP contribution in [-0.2, 0) is 7.05 Å². The molecule has 3 heterocycles. The summed E-state index contributed by atoms with van der Waals surface area (Å²) in [5.41, 5.74) is 0.804. The van der Waals surface area contributed by atoms with E-state index in [1.165, 1.54) is 0 Å². The van der Waals surface area contributed by atoms with Gasteiger partial charge in [0, 0.05) is 13.6 Å². The standard InChI is InChI=1S/C10H13N5O2/c1-15-5-11-4-8(15)9-13-10(17-14-9)7-2-6(16)3-12-7/h4-7,12,16H,2-3H2,1H3/t6-,7+/m0/s1. The Morgan fingerprint density at radius 2 is 2.47 bits per heavy atom. The van der Waals surface area contributed by atoms with Crippen LogP contribution in [0.5, 0.6) is 0 Å². The lowest BCUT2D eigenvalue weighted by atomic mass is 10.2. The Labute approximate surface area is 97.5 Å². The van der Waals surface area contributed by atoms with Crippen molar-refractivity contribution in [3.05, 3.63) is 18.4 Å². The van der Waals surface area contributed by atoms with Crippen molar-refractivity contribution in [1.29, 1.82) is 0 Å². The molecule has 1 saturated heterocycles. The van der Waals surface area contributed by atoms with Gasteiger partial charge in [0.05, 0.1) is 24.7 Å². The molecule has 0 aromatic carbocycles. The van der Waals surface area contributed by atoms with Crippen LogP contribution in [-0.4, -0.2) is 37.4 Å². The van der Waals surface area contributed by atoms with Gasteiger partial charge in [-0.3, -0.25) is 0 Å². The van der Waals surface area contributed by atoms with Crippen LogP contribution in [0.15, 0.2) is 17.0 Å². The molecule has 3 rings (SSSR count). The zero-order valence-electron chi connectivity index (χ0n) is 9.37. The smallest absolute Gasteiger partial charge is 0.244 e. The lowest BCUT2D eigenvalue weighted by Crippen LogP contribution is -2.15. The summed E-state index contributed by atoms with van der Waals surface area (Å²) in [6.07, 6.45) is 3.63. The van der Waals surface area contributed by atoms with Crippen molar-refractivity contribution in [3.8, 4) is 11.5 Å². The van der Waals surface area contributed by atoms with Gasteiger partial charge >= 0.3 is 0 Å². The minimum atomic E-state index is -0.341. The van der Waals surface area contributed by atoms with Gasteiger partial charge in [-0.2, -0.15) is 4.98 Å². The first-order valence-electron chi connectivity index (χ1n) is 5.46. The summed E-state index contributed by atoms with van der Waals surface area (Å²) in [5.74, 6) is 1.03. The van der Waals surface area contributed by atoms with Crippen molar-refractivity contribution in [1.82, 2.24) is 25.0 Å². The Morgan fingerprint density at radius 1 is 1.59 bits per heavy atom. The molecule has 1 fully saturated rings. The molecule has 2 atom stereocenters. The van der Waals surface area contributed by atoms with Gasteiger partial charge in [-0.05, 0) is 6.42 Å². The van der Waals surface area contributed by atoms with Gasteiger partial charge in [-0.1, -0.05) is 5.16 Å². The van der Waals surface area contributed by atoms with Crippen LogP contribution in [0.25, 0.3) is 11.5 Å². The first-order chi connectivity index (χ1) is 8.24. The van der Waals surface area contributed by atoms with E-state index in [0.29, 0.717) is 24.7 Å². The molecule has 17 heavy (non-hydrogen) atoms. The predicted molar refractivity (Wildman–Crippen MR) is 57.9 cm³/mol. The van der Waals surface area contributed by atoms with E-state index < -0.39 is 0 Å². The number of nitrogens with one attached hydrogen (secondary N) is 1. The van der Waals surface area contributed by atoms with Crippen molar-refractivity contribution in [2.75, 3.05) is 6.54 Å². The second-order valence-corrected chi connectivity index (χ2v) is 4.20. The molecular weight excluding hydrogens is 222 g/mol. The fraction of sp³-hybridized carbons (Fsp3) is 0.500. The number of β-amino-alcohol motifs (C(OH)–C–C–N with tert-alkyl or cyclic N) is 1. The average Bonchev–Trinajstić information content (AvgIpc) is 2.97. The average molecular weight is 235 g/mol. The maximum atomic E-state index is 9.43. The first-order valence-corrected chi connectivity index (χ1v) is 5.46. The molecule has 2 aromatic heterocycles. The Balaban J connectivity index is 1.86. The quantitative estimate of drug-likeness (QED) is 0.753. The van der Waals surface area contributed by atoms with Crippen LogP contribution in [0.4, 0.5) is 0 Å². The highest BCUT2D eigenvalue weighted by Gasteiger charge is 2.28. The predicted octanol–water partition coefficient (Wildman–Crippen LogP) is -0.135. The number of nitrogens with zero attached hydrogens (tertiary/aromatic N) is 4. The molecule has 7 nitrogen and oxygen atoms in total. The normalized spacial score (nSPS) is 24.4. The lowest BCUT2D eigenvalue weighted by molar-refractivity contribution is 0.191. The second kappa shape index (κ2) is 3.94. The van der Waals surface area contributed by atoms with Crippen molar-refractivity contribution in [3.63, 3.8) is 0 Å². The Bertz CT molecular complexity index is 520. The molecule has 0 radical (unpaired) electrons. The highest BCUT2D eigenvalue weighted by molar-refractivity contribution is 5.47. The topological polar surface area (TPSA) is 89.0 Å². The maximum Gasteiger partial charge on any atom is 0.244 e. The minimum absolute atomic E-state index is 0.0560. The number of hydrogen-bond acceptors (Lipinski definition) is 6. The Morgan fingerprint density at radius 3 is 3.12 bits per heavy atom. The lowest BCUT2D eigenvalue weighted by Gasteiger charge is -2.01. The summed E-state index contributed by atoms with van der Waals surface area (Å²) in [4.78, 5) is 8.32. The number of hydrogen-bond donors (Lipinski definition) is 2. The van der Waals surface area contributed by atoms with Crippen LogP contribution in [0, 0.1) is 0 Å². The van der Waals surface area contributed by atoms with Gasteiger partial charge < -0.3 is 19.5 Å². The van der Waals surface area contributed by atoms with Gasteiger partial charge in [0.1, 0.15) is 5.69 Å². The number of aliphatic hydroxyl groups excluding tert-OH is 1. The van der Waals surface area contributed by atoms with E-state index in [1.54, 1.807) is 12.5 Å². The van der Waals surface area contributed by atoms with Crippen molar-refractivity contribution >= 4 is 0 Å². The van der Waals surface area contributed by atoms with E-state index in [2.05, 4.69) is 20.4 Å². The molecule has 7 heteroatoms. The fourth-order valence-corrected chi connectivity index (χ4v) is 1.96. The molecule has 0 saturated carbocycles. The van der Waals surface area contributed by atoms with Crippen LogP contribution < -0.4 is 5.32 Å². The number of rotatable bonds is 2. The number of aryl methyl sites for hydroxylation is 1. The van der Waals surface area contributed by atoms with Gasteiger partial charge in [-0.25, -0.2) is 4.98 Å². The zero-order chi connectivity index (χ0) is 11.8. The molecule has 0 amide bonds. The van der Waals surface area contributed by atoms with Crippen molar-refractivity contribution in [2.24, 2.45) is 7.05 Å². The van der Waals surface area contributed by atoms with E-state index in [0.717, 1.165) is 5.69 Å². The third-order valence-corrected chi connectivity index (χ3v) is 2.89. The van der Waals surface area contributed by atoms with Gasteiger partial charge in [0.25, 0.3) is 0 Å². The number of aromatic nitrogens is 4. The molecule has 0 unspecified atom stereocenters. The second-order valence-electron chi connectivity index (χ2n) is 4.20. The summed E-state index contributed by atoms with van der Waals surface area (Å²) in [5, 5.41) is 16.5. The summed E-state index contributed by atoms with van der Waals surface area (Å²) >= 11 is 0. The SMILES string of the molecule is Cn1cncc1-c1noc([C@H]2C[C@H](O)CN2)n1. The highest BCUT2D eigenvalue weighted by Crippen LogP contribution is 2.24. The Hall–Kier alpha value is -1.73. The van der Waals surface area contributed by atoms with Crippen molar-refractivity contribution in [2.45, 2.75) is 18.6 Å². The summed E-state index contributed by atoms with van der Waals surface area (Å²) < 4.78 is 7.02. The highest BCUT2D eigenvalue weighted by atomic mass is 16.5. The van der Waals surface area contributed by atoms with E-state index in [1.807, 2.05) is 11.6 Å². The molecule has 90 valence electrons. The molecule has 1 aliphatic heterocycles. The first kappa shape index (κ1) is 10.4. The van der Waals surface area contributed by atoms with Gasteiger partial charge in [0.15, 0.2) is 0 Å². The number of imidazole rings is 1. The number of aliphatic hydroxyl groups is 1. The summed E-state index contributed by atoms with van der Waals surface area (Å²) in [6, 6.07) is -0.0560. The van der Waals surface area contributed by atoms with E-state index in [4.69, 9.17) is 4.52 Å².